The molecule has 0 atom stereocenters. The van der Waals surface area contributed by atoms with Crippen LogP contribution in [0.2, 0.25) is 0 Å². The number of methoxy groups -OCH3 is 1. The fraction of sp³-hybridized carbons (Fsp3) is 0.350. The van der Waals surface area contributed by atoms with Gasteiger partial charge in [-0.3, -0.25) is 9.47 Å². The molecular formula is C20H22F2N4O. The summed E-state index contributed by atoms with van der Waals surface area (Å²) in [5, 5.41) is 0. The van der Waals surface area contributed by atoms with E-state index in [1.54, 1.807) is 25.3 Å². The summed E-state index contributed by atoms with van der Waals surface area (Å²) in [6.45, 7) is 1.14. The van der Waals surface area contributed by atoms with Gasteiger partial charge < -0.3 is 9.64 Å². The fourth-order valence-electron chi connectivity index (χ4n) is 3.58. The van der Waals surface area contributed by atoms with Gasteiger partial charge in [0.15, 0.2) is 0 Å². The van der Waals surface area contributed by atoms with Crippen molar-refractivity contribution in [3.05, 3.63) is 54.4 Å². The standard InChI is InChI=1S/C20H22F2N4O/c1-27-16-8-6-15(7-9-16)25-12-10-24(11-13-25)14-19-23-17-4-2-3-5-18(17)26(19)20(21)22/h2-9,20H,10-14H2,1H3. The first kappa shape index (κ1) is 17.7. The summed E-state index contributed by atoms with van der Waals surface area (Å²) in [5.74, 6) is 1.26. The van der Waals surface area contributed by atoms with Gasteiger partial charge in [-0.05, 0) is 36.4 Å². The molecule has 4 rings (SSSR count). The van der Waals surface area contributed by atoms with Crippen molar-refractivity contribution in [2.45, 2.75) is 13.1 Å². The monoisotopic (exact) mass is 372 g/mol. The maximum Gasteiger partial charge on any atom is 0.320 e. The number of halogens is 2. The zero-order chi connectivity index (χ0) is 18.8. The number of rotatable bonds is 5. The Hall–Kier alpha value is -2.67. The van der Waals surface area contributed by atoms with Gasteiger partial charge in [-0.25, -0.2) is 4.98 Å². The van der Waals surface area contributed by atoms with E-state index in [9.17, 15) is 8.78 Å². The Balaban J connectivity index is 1.45. The summed E-state index contributed by atoms with van der Waals surface area (Å²) < 4.78 is 33.4. The Kier molecular flexibility index (Phi) is 4.94. The molecule has 2 heterocycles. The molecule has 1 fully saturated rings. The lowest BCUT2D eigenvalue weighted by Gasteiger charge is -2.36. The van der Waals surface area contributed by atoms with E-state index < -0.39 is 6.55 Å². The first-order valence-corrected chi connectivity index (χ1v) is 9.01. The lowest BCUT2D eigenvalue weighted by Crippen LogP contribution is -2.46. The van der Waals surface area contributed by atoms with Gasteiger partial charge in [-0.1, -0.05) is 12.1 Å². The Bertz CT molecular complexity index is 902. The second-order valence-electron chi connectivity index (χ2n) is 6.63. The van der Waals surface area contributed by atoms with Crippen LogP contribution in [0.15, 0.2) is 48.5 Å². The molecule has 1 saturated heterocycles. The third-order valence-electron chi connectivity index (χ3n) is 5.04. The molecule has 27 heavy (non-hydrogen) atoms. The third-order valence-corrected chi connectivity index (χ3v) is 5.04. The fourth-order valence-corrected chi connectivity index (χ4v) is 3.58. The van der Waals surface area contributed by atoms with Crippen LogP contribution < -0.4 is 9.64 Å². The maximum absolute atomic E-state index is 13.6. The number of ether oxygens (including phenoxy) is 1. The van der Waals surface area contributed by atoms with Crippen molar-refractivity contribution in [3.63, 3.8) is 0 Å². The maximum atomic E-state index is 13.6. The molecular weight excluding hydrogens is 350 g/mol. The summed E-state index contributed by atoms with van der Waals surface area (Å²) in [6, 6.07) is 15.1. The summed E-state index contributed by atoms with van der Waals surface area (Å²) >= 11 is 0. The van der Waals surface area contributed by atoms with Gasteiger partial charge in [0.2, 0.25) is 0 Å². The largest absolute Gasteiger partial charge is 0.497 e. The number of fused-ring (bicyclic) bond motifs is 1. The van der Waals surface area contributed by atoms with Gasteiger partial charge in [0.1, 0.15) is 11.6 Å². The normalized spacial score (nSPS) is 15.6. The predicted octanol–water partition coefficient (Wildman–Crippen LogP) is 3.76. The quantitative estimate of drug-likeness (QED) is 0.683. The van der Waals surface area contributed by atoms with Crippen molar-refractivity contribution >= 4 is 16.7 Å². The van der Waals surface area contributed by atoms with E-state index in [0.717, 1.165) is 42.2 Å². The zero-order valence-corrected chi connectivity index (χ0v) is 15.2. The van der Waals surface area contributed by atoms with Gasteiger partial charge in [-0.2, -0.15) is 8.78 Å². The van der Waals surface area contributed by atoms with E-state index in [1.165, 1.54) is 0 Å². The number of hydrogen-bond acceptors (Lipinski definition) is 4. The minimum absolute atomic E-state index is 0.420. The SMILES string of the molecule is COc1ccc(N2CCN(Cc3nc4ccccc4n3C(F)F)CC2)cc1. The van der Waals surface area contributed by atoms with Crippen molar-refractivity contribution in [2.24, 2.45) is 0 Å². The van der Waals surface area contributed by atoms with Gasteiger partial charge in [0.25, 0.3) is 0 Å². The van der Waals surface area contributed by atoms with Crippen molar-refractivity contribution < 1.29 is 13.5 Å². The summed E-state index contributed by atoms with van der Waals surface area (Å²) in [5.41, 5.74) is 2.25. The Labute approximate surface area is 156 Å². The van der Waals surface area contributed by atoms with Crippen molar-refractivity contribution in [1.82, 2.24) is 14.5 Å². The molecule has 1 aromatic heterocycles. The number of alkyl halides is 2. The molecule has 7 heteroatoms. The van der Waals surface area contributed by atoms with Gasteiger partial charge >= 0.3 is 6.55 Å². The van der Waals surface area contributed by atoms with Gasteiger partial charge in [0.05, 0.1) is 24.7 Å². The second kappa shape index (κ2) is 7.52. The second-order valence-corrected chi connectivity index (χ2v) is 6.63. The number of hydrogen-bond donors (Lipinski definition) is 0. The number of aromatic nitrogens is 2. The minimum atomic E-state index is -2.59. The van der Waals surface area contributed by atoms with Crippen molar-refractivity contribution in [3.8, 4) is 5.75 Å². The number of para-hydroxylation sites is 2. The van der Waals surface area contributed by atoms with E-state index in [2.05, 4.69) is 14.8 Å². The Morgan fingerprint density at radius 2 is 1.70 bits per heavy atom. The summed E-state index contributed by atoms with van der Waals surface area (Å²) in [6.07, 6.45) is 0. The van der Waals surface area contributed by atoms with Gasteiger partial charge in [0, 0.05) is 31.9 Å². The Morgan fingerprint density at radius 1 is 1.00 bits per heavy atom. The zero-order valence-electron chi connectivity index (χ0n) is 15.2. The molecule has 0 saturated carbocycles. The molecule has 0 aliphatic carbocycles. The molecule has 0 unspecified atom stereocenters. The molecule has 142 valence electrons. The minimum Gasteiger partial charge on any atom is -0.497 e. The smallest absolute Gasteiger partial charge is 0.320 e. The topological polar surface area (TPSA) is 33.5 Å². The summed E-state index contributed by atoms with van der Waals surface area (Å²) in [7, 11) is 1.65. The molecule has 1 aliphatic rings. The highest BCUT2D eigenvalue weighted by molar-refractivity contribution is 5.76. The van der Waals surface area contributed by atoms with Crippen LogP contribution in [-0.4, -0.2) is 47.7 Å². The molecule has 0 N–H and O–H groups in total. The van der Waals surface area contributed by atoms with Crippen molar-refractivity contribution in [1.29, 1.82) is 0 Å². The first-order chi connectivity index (χ1) is 13.2. The van der Waals surface area contributed by atoms with Gasteiger partial charge in [-0.15, -0.1) is 0 Å². The number of nitrogens with zero attached hydrogens (tertiary/aromatic N) is 4. The highest BCUT2D eigenvalue weighted by Gasteiger charge is 2.22. The van der Waals surface area contributed by atoms with Crippen LogP contribution in [0.25, 0.3) is 11.0 Å². The molecule has 0 spiro atoms. The van der Waals surface area contributed by atoms with Crippen LogP contribution in [0.4, 0.5) is 14.5 Å². The highest BCUT2D eigenvalue weighted by Crippen LogP contribution is 2.25. The first-order valence-electron chi connectivity index (χ1n) is 9.01. The predicted molar refractivity (Wildman–Crippen MR) is 101 cm³/mol. The molecule has 2 aromatic carbocycles. The molecule has 1 aliphatic heterocycles. The average molecular weight is 372 g/mol. The van der Waals surface area contributed by atoms with Crippen molar-refractivity contribution in [2.75, 3.05) is 38.2 Å². The third kappa shape index (κ3) is 3.60. The molecule has 0 radical (unpaired) electrons. The highest BCUT2D eigenvalue weighted by atomic mass is 19.3. The molecule has 0 amide bonds. The average Bonchev–Trinajstić information content (AvgIpc) is 3.06. The lowest BCUT2D eigenvalue weighted by atomic mass is 10.2. The van der Waals surface area contributed by atoms with Crippen LogP contribution in [0.3, 0.4) is 0 Å². The number of anilines is 1. The lowest BCUT2D eigenvalue weighted by molar-refractivity contribution is 0.0681. The summed E-state index contributed by atoms with van der Waals surface area (Å²) in [4.78, 5) is 8.92. The van der Waals surface area contributed by atoms with E-state index in [1.807, 2.05) is 30.3 Å². The van der Waals surface area contributed by atoms with E-state index >= 15 is 0 Å². The van der Waals surface area contributed by atoms with Crippen LogP contribution in [0.5, 0.6) is 5.75 Å². The van der Waals surface area contributed by atoms with E-state index in [0.29, 0.717) is 23.4 Å². The Morgan fingerprint density at radius 3 is 2.37 bits per heavy atom. The van der Waals surface area contributed by atoms with Crippen LogP contribution in [-0.2, 0) is 6.54 Å². The number of imidazole rings is 1. The molecule has 0 bridgehead atoms. The number of benzene rings is 2. The molecule has 3 aromatic rings. The van der Waals surface area contributed by atoms with Crippen LogP contribution in [0.1, 0.15) is 12.4 Å². The number of piperazine rings is 1. The molecule has 5 nitrogen and oxygen atoms in total. The van der Waals surface area contributed by atoms with Crippen LogP contribution in [0, 0.1) is 0 Å². The van der Waals surface area contributed by atoms with Crippen LogP contribution >= 0.6 is 0 Å². The van der Waals surface area contributed by atoms with E-state index in [4.69, 9.17) is 4.74 Å². The van der Waals surface area contributed by atoms with E-state index in [-0.39, 0.29) is 0 Å².